The fourth-order valence-corrected chi connectivity index (χ4v) is 13.6. The number of unbranched alkanes of at least 4 members (excludes halogenated alkanes) is 2. The number of hydrogen-bond acceptors (Lipinski definition) is 4. The molecule has 0 saturated carbocycles. The Kier molecular flexibility index (Phi) is 11.0. The zero-order valence-corrected chi connectivity index (χ0v) is 25.6. The van der Waals surface area contributed by atoms with E-state index in [0.717, 1.165) is 37.1 Å². The van der Waals surface area contributed by atoms with Gasteiger partial charge in [0.2, 0.25) is 0 Å². The van der Waals surface area contributed by atoms with Crippen LogP contribution < -0.4 is 27.8 Å². The molecule has 0 fully saturated rings. The Bertz CT molecular complexity index is 1390. The Hall–Kier alpha value is -3.63. The summed E-state index contributed by atoms with van der Waals surface area (Å²) in [4.78, 5) is 24.8. The number of hydrogen-bond donors (Lipinski definition) is 2. The van der Waals surface area contributed by atoms with Crippen LogP contribution in [0.5, 0.6) is 11.5 Å². The quantitative estimate of drug-likeness (QED) is 0.153. The van der Waals surface area contributed by atoms with E-state index < -0.39 is 71.3 Å². The summed E-state index contributed by atoms with van der Waals surface area (Å²) in [6, 6.07) is 3.85. The van der Waals surface area contributed by atoms with E-state index in [-0.39, 0.29) is 12.8 Å². The molecule has 2 aliphatic rings. The van der Waals surface area contributed by atoms with Gasteiger partial charge in [-0.3, -0.25) is 0 Å². The van der Waals surface area contributed by atoms with E-state index in [1.807, 2.05) is 13.8 Å². The molecular weight excluding hydrogens is 600 g/mol. The molecule has 0 radical (unpaired) electrons. The number of halogens is 4. The summed E-state index contributed by atoms with van der Waals surface area (Å²) < 4.78 is 75.6. The monoisotopic (exact) mass is 634 g/mol. The predicted octanol–water partition coefficient (Wildman–Crippen LogP) is 6.81. The molecule has 4 rings (SSSR count). The minimum absolute atomic E-state index is 0.195. The van der Waals surface area contributed by atoms with E-state index in [0.29, 0.717) is 33.7 Å². The second kappa shape index (κ2) is 14.7. The fraction of sp³-hybridized carbons (Fsp3) is 0.312. The Morgan fingerprint density at radius 3 is 1.49 bits per heavy atom. The molecule has 0 aliphatic heterocycles. The molecule has 0 aromatic heterocycles. The molecule has 0 unspecified atom stereocenters. The van der Waals surface area contributed by atoms with Gasteiger partial charge in [-0.25, -0.2) is 0 Å². The number of benzene rings is 2. The summed E-state index contributed by atoms with van der Waals surface area (Å²) in [7, 11) is 0. The van der Waals surface area contributed by atoms with Gasteiger partial charge < -0.3 is 0 Å². The average molecular weight is 634 g/mol. The standard InChI is InChI=1S/2C11H12F2NO2.2C5H5.Ti/c2*1-2-3-6-14-11(15)16-10-5-4-8(12)7-9(10)13;2*1-2-4-5-3-1;/h2*4-5H,2-3,6H2,1H3,(H,14,15);2*1-3H,4H2;. The molecule has 6 nitrogen and oxygen atoms in total. The number of ether oxygens (including phenoxy) is 2. The van der Waals surface area contributed by atoms with Gasteiger partial charge in [0, 0.05) is 0 Å². The topological polar surface area (TPSA) is 76.7 Å². The van der Waals surface area contributed by atoms with E-state index in [1.165, 1.54) is 0 Å². The molecule has 0 heterocycles. The first-order chi connectivity index (χ1) is 20.7. The summed E-state index contributed by atoms with van der Waals surface area (Å²) in [5.74, 6) is -5.62. The van der Waals surface area contributed by atoms with Crippen molar-refractivity contribution < 1.29 is 53.2 Å². The van der Waals surface area contributed by atoms with Crippen LogP contribution in [0.3, 0.4) is 0 Å². The zero-order valence-electron chi connectivity index (χ0n) is 24.1. The first-order valence-corrected chi connectivity index (χ1v) is 17.5. The molecule has 0 bridgehead atoms. The van der Waals surface area contributed by atoms with Gasteiger partial charge in [-0.15, -0.1) is 0 Å². The van der Waals surface area contributed by atoms with E-state index >= 15 is 17.6 Å². The number of allylic oxidation sites excluding steroid dienone is 8. The number of carbonyl (C=O) groups is 2. The minimum atomic E-state index is -5.20. The van der Waals surface area contributed by atoms with Gasteiger partial charge in [-0.2, -0.15) is 0 Å². The van der Waals surface area contributed by atoms with Crippen LogP contribution in [-0.2, 0) is 16.6 Å². The van der Waals surface area contributed by atoms with Gasteiger partial charge >= 0.3 is 252 Å². The molecule has 2 aliphatic carbocycles. The number of nitrogens with one attached hydrogen (secondary N) is 2. The summed E-state index contributed by atoms with van der Waals surface area (Å²) >= 11 is -5.20. The molecule has 43 heavy (non-hydrogen) atoms. The summed E-state index contributed by atoms with van der Waals surface area (Å²) in [5.41, 5.74) is 0. The van der Waals surface area contributed by atoms with Crippen LogP contribution in [0.25, 0.3) is 0 Å². The summed E-state index contributed by atoms with van der Waals surface area (Å²) in [5, 5.41) is 5.03. The van der Waals surface area contributed by atoms with E-state index in [9.17, 15) is 9.59 Å². The van der Waals surface area contributed by atoms with Gasteiger partial charge in [0.15, 0.2) is 0 Å². The average Bonchev–Trinajstić information content (AvgIpc) is 3.71. The van der Waals surface area contributed by atoms with Crippen LogP contribution in [0, 0.1) is 23.3 Å². The van der Waals surface area contributed by atoms with Crippen LogP contribution in [0.4, 0.5) is 27.2 Å². The Balaban J connectivity index is 1.94. The van der Waals surface area contributed by atoms with Gasteiger partial charge in [-0.05, 0) is 0 Å². The normalized spacial score (nSPS) is 14.0. The Morgan fingerprint density at radius 1 is 0.721 bits per heavy atom. The molecular formula is C32H34F4N2O4Ti. The third kappa shape index (κ3) is 6.81. The number of carbonyl (C=O) groups excluding carboxylic acids is 2. The van der Waals surface area contributed by atoms with Crippen LogP contribution in [0.15, 0.2) is 68.5 Å². The van der Waals surface area contributed by atoms with Crippen molar-refractivity contribution in [2.75, 3.05) is 13.1 Å². The van der Waals surface area contributed by atoms with Crippen molar-refractivity contribution >= 4 is 19.9 Å². The molecule has 2 N–H and O–H groups in total. The maximum atomic E-state index is 16.6. The summed E-state index contributed by atoms with van der Waals surface area (Å²) in [6.45, 7) is 4.44. The Morgan fingerprint density at radius 2 is 1.14 bits per heavy atom. The van der Waals surface area contributed by atoms with Crippen molar-refractivity contribution in [3.63, 3.8) is 0 Å². The van der Waals surface area contributed by atoms with Gasteiger partial charge in [-0.1, -0.05) is 0 Å². The van der Waals surface area contributed by atoms with Crippen LogP contribution >= 0.6 is 0 Å². The first kappa shape index (κ1) is 32.3. The summed E-state index contributed by atoms with van der Waals surface area (Å²) in [6.07, 6.45) is 11.6. The van der Waals surface area contributed by atoms with Gasteiger partial charge in [0.1, 0.15) is 0 Å². The molecule has 0 atom stereocenters. The fourth-order valence-electron chi connectivity index (χ4n) is 5.34. The number of amides is 2. The Labute approximate surface area is 251 Å². The maximum absolute atomic E-state index is 16.6. The van der Waals surface area contributed by atoms with Crippen LogP contribution in [0.1, 0.15) is 52.4 Å². The van der Waals surface area contributed by atoms with Crippen molar-refractivity contribution in [3.8, 4) is 11.5 Å². The van der Waals surface area contributed by atoms with Crippen molar-refractivity contribution in [1.82, 2.24) is 10.6 Å². The SMILES string of the molecule is CCCCNC(=O)Oc1ccc(F)[c]([Ti]([C]2=CC=CC2)([C]2=CC=CC2)[c]2c(F)ccc(OC(=O)NCCCC)c2F)c1F. The van der Waals surface area contributed by atoms with Crippen LogP contribution in [0.2, 0.25) is 0 Å². The van der Waals surface area contributed by atoms with Gasteiger partial charge in [0.25, 0.3) is 0 Å². The van der Waals surface area contributed by atoms with E-state index in [1.54, 1.807) is 36.5 Å². The van der Waals surface area contributed by atoms with Crippen molar-refractivity contribution in [2.45, 2.75) is 52.4 Å². The molecule has 2 aromatic rings. The van der Waals surface area contributed by atoms with Crippen molar-refractivity contribution in [3.05, 3.63) is 91.7 Å². The van der Waals surface area contributed by atoms with Gasteiger partial charge in [0.05, 0.1) is 0 Å². The van der Waals surface area contributed by atoms with Crippen LogP contribution in [-0.4, -0.2) is 25.3 Å². The molecule has 228 valence electrons. The van der Waals surface area contributed by atoms with Crippen molar-refractivity contribution in [2.24, 2.45) is 0 Å². The third-order valence-electron chi connectivity index (χ3n) is 7.37. The zero-order chi connectivity index (χ0) is 31.0. The van der Waals surface area contributed by atoms with Crippen molar-refractivity contribution in [1.29, 1.82) is 0 Å². The molecule has 0 saturated heterocycles. The molecule has 2 aromatic carbocycles. The third-order valence-corrected chi connectivity index (χ3v) is 15.3. The molecule has 11 heteroatoms. The molecule has 2 amide bonds. The predicted molar refractivity (Wildman–Crippen MR) is 154 cm³/mol. The first-order valence-electron chi connectivity index (χ1n) is 14.4. The van der Waals surface area contributed by atoms with E-state index in [4.69, 9.17) is 9.47 Å². The van der Waals surface area contributed by atoms with E-state index in [2.05, 4.69) is 10.6 Å². The number of rotatable bonds is 12. The second-order valence-corrected chi connectivity index (χ2v) is 16.1. The molecule has 0 spiro atoms. The second-order valence-electron chi connectivity index (χ2n) is 10.2.